The van der Waals surface area contributed by atoms with Crippen LogP contribution in [0.15, 0.2) is 24.3 Å². The molecule has 1 atom stereocenters. The second kappa shape index (κ2) is 8.14. The Balaban J connectivity index is 2.51. The van der Waals surface area contributed by atoms with Gasteiger partial charge in [0.2, 0.25) is 11.8 Å². The minimum atomic E-state index is -1.39. The van der Waals surface area contributed by atoms with E-state index in [9.17, 15) is 19.2 Å². The lowest BCUT2D eigenvalue weighted by Gasteiger charge is -2.12. The smallest absolute Gasteiger partial charge is 0.326 e. The number of halogens is 1. The molecule has 0 heterocycles. The van der Waals surface area contributed by atoms with Gasteiger partial charge < -0.3 is 16.2 Å². The molecule has 22 heavy (non-hydrogen) atoms. The number of hydrogen-bond donors (Lipinski definition) is 3. The SMILES string of the molecule is NC(=O)CC(NC(=O)CCC(=O)c1ccc(Cl)cc1)C(=O)O. The number of nitrogens with one attached hydrogen (secondary N) is 1. The number of carbonyl (C=O) groups is 4. The van der Waals surface area contributed by atoms with Gasteiger partial charge in [0.25, 0.3) is 0 Å². The third-order valence-corrected chi connectivity index (χ3v) is 3.04. The van der Waals surface area contributed by atoms with Gasteiger partial charge in [-0.3, -0.25) is 14.4 Å². The van der Waals surface area contributed by atoms with Crippen molar-refractivity contribution in [1.29, 1.82) is 0 Å². The molecule has 0 bridgehead atoms. The molecule has 4 N–H and O–H groups in total. The lowest BCUT2D eigenvalue weighted by Crippen LogP contribution is -2.43. The summed E-state index contributed by atoms with van der Waals surface area (Å²) in [5.74, 6) is -3.12. The molecule has 0 aromatic heterocycles. The summed E-state index contributed by atoms with van der Waals surface area (Å²) in [5, 5.41) is 11.5. The fourth-order valence-corrected chi connectivity index (χ4v) is 1.80. The number of carbonyl (C=O) groups excluding carboxylic acids is 3. The Morgan fingerprint density at radius 2 is 1.73 bits per heavy atom. The standard InChI is InChI=1S/C14H15ClN2O5/c15-9-3-1-8(2-4-9)11(18)5-6-13(20)17-10(14(21)22)7-12(16)19/h1-4,10H,5-7H2,(H2,16,19)(H,17,20)(H,21,22). The van der Waals surface area contributed by atoms with Crippen LogP contribution in [0.25, 0.3) is 0 Å². The third kappa shape index (κ3) is 5.92. The van der Waals surface area contributed by atoms with Crippen LogP contribution in [0.5, 0.6) is 0 Å². The van der Waals surface area contributed by atoms with Crippen molar-refractivity contribution in [3.8, 4) is 0 Å². The number of hydrogen-bond acceptors (Lipinski definition) is 4. The molecule has 0 aliphatic carbocycles. The molecule has 1 aromatic carbocycles. The van der Waals surface area contributed by atoms with Crippen LogP contribution in [-0.2, 0) is 14.4 Å². The van der Waals surface area contributed by atoms with Crippen LogP contribution in [0.3, 0.4) is 0 Å². The number of aliphatic carboxylic acids is 1. The first kappa shape index (κ1) is 17.6. The Labute approximate surface area is 131 Å². The number of ketones is 1. The molecule has 7 nitrogen and oxygen atoms in total. The van der Waals surface area contributed by atoms with Crippen molar-refractivity contribution in [2.75, 3.05) is 0 Å². The quantitative estimate of drug-likeness (QED) is 0.607. The Hall–Kier alpha value is -2.41. The summed E-state index contributed by atoms with van der Waals surface area (Å²) in [4.78, 5) is 45.1. The number of rotatable bonds is 8. The molecule has 0 fully saturated rings. The van der Waals surface area contributed by atoms with Crippen LogP contribution in [0.1, 0.15) is 29.6 Å². The van der Waals surface area contributed by atoms with Crippen LogP contribution in [0.2, 0.25) is 5.02 Å². The molecule has 0 aliphatic heterocycles. The van der Waals surface area contributed by atoms with Gasteiger partial charge in [0, 0.05) is 23.4 Å². The summed E-state index contributed by atoms with van der Waals surface area (Å²) < 4.78 is 0. The largest absolute Gasteiger partial charge is 0.480 e. The zero-order valence-corrected chi connectivity index (χ0v) is 12.3. The summed E-state index contributed by atoms with van der Waals surface area (Å²) in [6.45, 7) is 0. The van der Waals surface area contributed by atoms with Crippen LogP contribution < -0.4 is 11.1 Å². The molecule has 1 aromatic rings. The van der Waals surface area contributed by atoms with Gasteiger partial charge in [0.15, 0.2) is 5.78 Å². The zero-order valence-electron chi connectivity index (χ0n) is 11.5. The second-order valence-corrected chi connectivity index (χ2v) is 5.00. The van der Waals surface area contributed by atoms with E-state index in [4.69, 9.17) is 22.4 Å². The maximum atomic E-state index is 11.8. The molecule has 0 aliphatic rings. The average molecular weight is 327 g/mol. The fraction of sp³-hybridized carbons (Fsp3) is 0.286. The van der Waals surface area contributed by atoms with Gasteiger partial charge in [-0.15, -0.1) is 0 Å². The number of carboxylic acid groups (broad SMARTS) is 1. The molecule has 118 valence electrons. The number of carboxylic acids is 1. The Bertz CT molecular complexity index is 585. The number of amides is 2. The van der Waals surface area contributed by atoms with E-state index in [2.05, 4.69) is 5.32 Å². The normalized spacial score (nSPS) is 11.5. The highest BCUT2D eigenvalue weighted by Gasteiger charge is 2.22. The minimum absolute atomic E-state index is 0.0869. The topological polar surface area (TPSA) is 127 Å². The van der Waals surface area contributed by atoms with Gasteiger partial charge in [0.05, 0.1) is 6.42 Å². The highest BCUT2D eigenvalue weighted by atomic mass is 35.5. The number of Topliss-reactive ketones (excluding diaryl/α,β-unsaturated/α-hetero) is 1. The van der Waals surface area contributed by atoms with Gasteiger partial charge in [-0.2, -0.15) is 0 Å². The Kier molecular flexibility index (Phi) is 6.52. The molecule has 0 spiro atoms. The van der Waals surface area contributed by atoms with Crippen molar-refractivity contribution in [1.82, 2.24) is 5.32 Å². The summed E-state index contributed by atoms with van der Waals surface area (Å²) in [5.41, 5.74) is 5.31. The first-order chi connectivity index (χ1) is 10.3. The Morgan fingerprint density at radius 1 is 1.14 bits per heavy atom. The summed E-state index contributed by atoms with van der Waals surface area (Å²) >= 11 is 5.70. The Morgan fingerprint density at radius 3 is 2.23 bits per heavy atom. The van der Waals surface area contributed by atoms with Gasteiger partial charge >= 0.3 is 5.97 Å². The highest BCUT2D eigenvalue weighted by Crippen LogP contribution is 2.12. The van der Waals surface area contributed by atoms with E-state index in [1.165, 1.54) is 12.1 Å². The zero-order chi connectivity index (χ0) is 16.7. The lowest BCUT2D eigenvalue weighted by molar-refractivity contribution is -0.143. The monoisotopic (exact) mass is 326 g/mol. The first-order valence-electron chi connectivity index (χ1n) is 6.39. The van der Waals surface area contributed by atoms with E-state index in [1.54, 1.807) is 12.1 Å². The lowest BCUT2D eigenvalue weighted by atomic mass is 10.1. The first-order valence-corrected chi connectivity index (χ1v) is 6.76. The fourth-order valence-electron chi connectivity index (χ4n) is 1.67. The molecule has 1 unspecified atom stereocenters. The maximum Gasteiger partial charge on any atom is 0.326 e. The van der Waals surface area contributed by atoms with E-state index in [0.717, 1.165) is 0 Å². The molecule has 0 saturated heterocycles. The molecule has 8 heteroatoms. The minimum Gasteiger partial charge on any atom is -0.480 e. The molecule has 1 rings (SSSR count). The summed E-state index contributed by atoms with van der Waals surface area (Å²) in [7, 11) is 0. The van der Waals surface area contributed by atoms with E-state index < -0.39 is 30.2 Å². The number of nitrogens with two attached hydrogens (primary N) is 1. The van der Waals surface area contributed by atoms with Crippen LogP contribution in [0, 0.1) is 0 Å². The van der Waals surface area contributed by atoms with Gasteiger partial charge in [-0.05, 0) is 24.3 Å². The van der Waals surface area contributed by atoms with Gasteiger partial charge in [0.1, 0.15) is 6.04 Å². The third-order valence-electron chi connectivity index (χ3n) is 2.78. The van der Waals surface area contributed by atoms with Crippen LogP contribution >= 0.6 is 11.6 Å². The molecular formula is C14H15ClN2O5. The van der Waals surface area contributed by atoms with E-state index in [-0.39, 0.29) is 18.6 Å². The molecule has 0 saturated carbocycles. The summed E-state index contributed by atoms with van der Waals surface area (Å²) in [6.07, 6.45) is -0.785. The van der Waals surface area contributed by atoms with Crippen molar-refractivity contribution >= 4 is 35.2 Å². The van der Waals surface area contributed by atoms with Crippen LogP contribution in [-0.4, -0.2) is 34.7 Å². The molecule has 2 amide bonds. The summed E-state index contributed by atoms with van der Waals surface area (Å²) in [6, 6.07) is 4.80. The van der Waals surface area contributed by atoms with Crippen LogP contribution in [0.4, 0.5) is 0 Å². The predicted octanol–water partition coefficient (Wildman–Crippen LogP) is 0.748. The van der Waals surface area contributed by atoms with Crippen molar-refractivity contribution in [2.24, 2.45) is 5.73 Å². The predicted molar refractivity (Wildman–Crippen MR) is 78.4 cm³/mol. The van der Waals surface area contributed by atoms with Crippen molar-refractivity contribution in [3.63, 3.8) is 0 Å². The van der Waals surface area contributed by atoms with E-state index in [1.807, 2.05) is 0 Å². The number of primary amides is 1. The van der Waals surface area contributed by atoms with Crippen molar-refractivity contribution in [3.05, 3.63) is 34.9 Å². The maximum absolute atomic E-state index is 11.8. The van der Waals surface area contributed by atoms with E-state index >= 15 is 0 Å². The van der Waals surface area contributed by atoms with Crippen molar-refractivity contribution in [2.45, 2.75) is 25.3 Å². The van der Waals surface area contributed by atoms with Gasteiger partial charge in [-0.1, -0.05) is 11.6 Å². The van der Waals surface area contributed by atoms with Gasteiger partial charge in [-0.25, -0.2) is 4.79 Å². The highest BCUT2D eigenvalue weighted by molar-refractivity contribution is 6.30. The second-order valence-electron chi connectivity index (χ2n) is 4.56. The molecular weight excluding hydrogens is 312 g/mol. The van der Waals surface area contributed by atoms with E-state index in [0.29, 0.717) is 10.6 Å². The number of benzene rings is 1. The average Bonchev–Trinajstić information content (AvgIpc) is 2.44. The molecule has 0 radical (unpaired) electrons. The van der Waals surface area contributed by atoms with Crippen molar-refractivity contribution < 1.29 is 24.3 Å².